The van der Waals surface area contributed by atoms with Crippen LogP contribution in [0.15, 0.2) is 53.9 Å². The minimum atomic E-state index is -3.64. The molecule has 1 heterocycles. The van der Waals surface area contributed by atoms with Gasteiger partial charge in [-0.25, -0.2) is 17.5 Å². The van der Waals surface area contributed by atoms with Crippen molar-refractivity contribution in [1.29, 1.82) is 0 Å². The van der Waals surface area contributed by atoms with Crippen LogP contribution in [0, 0.1) is 5.82 Å². The summed E-state index contributed by atoms with van der Waals surface area (Å²) in [6, 6.07) is 8.33. The molecule has 0 unspecified atom stereocenters. The molecule has 0 radical (unpaired) electrons. The number of hydrogen-bond donors (Lipinski definition) is 2. The highest BCUT2D eigenvalue weighted by Gasteiger charge is 2.17. The molecule has 2 N–H and O–H groups in total. The zero-order valence-electron chi connectivity index (χ0n) is 15.6. The molecular formula is C20H21FN2O5S. The molecule has 0 fully saturated rings. The van der Waals surface area contributed by atoms with Gasteiger partial charge in [-0.3, -0.25) is 4.79 Å². The molecule has 0 bridgehead atoms. The summed E-state index contributed by atoms with van der Waals surface area (Å²) in [6.45, 7) is 4.23. The van der Waals surface area contributed by atoms with Crippen molar-refractivity contribution >= 4 is 15.9 Å². The van der Waals surface area contributed by atoms with Crippen LogP contribution < -0.4 is 14.8 Å². The predicted octanol–water partition coefficient (Wildman–Crippen LogP) is 2.13. The van der Waals surface area contributed by atoms with E-state index >= 15 is 0 Å². The van der Waals surface area contributed by atoms with E-state index in [0.717, 1.165) is 0 Å². The molecule has 2 aromatic rings. The molecule has 29 heavy (non-hydrogen) atoms. The first kappa shape index (κ1) is 21.0. The largest absolute Gasteiger partial charge is 0.467 e. The molecule has 0 aliphatic carbocycles. The van der Waals surface area contributed by atoms with Crippen LogP contribution in [0.5, 0.6) is 5.75 Å². The second-order valence-electron chi connectivity index (χ2n) is 6.33. The van der Waals surface area contributed by atoms with E-state index < -0.39 is 10.0 Å². The Labute approximate surface area is 168 Å². The third-order valence-corrected chi connectivity index (χ3v) is 5.72. The van der Waals surface area contributed by atoms with Crippen LogP contribution in [0.3, 0.4) is 0 Å². The number of carbonyl (C=O) groups is 1. The van der Waals surface area contributed by atoms with Gasteiger partial charge in [0.15, 0.2) is 6.79 Å². The third-order valence-electron chi connectivity index (χ3n) is 4.28. The van der Waals surface area contributed by atoms with Crippen LogP contribution in [0.1, 0.15) is 21.5 Å². The first-order chi connectivity index (χ1) is 13.9. The quantitative estimate of drug-likeness (QED) is 0.638. The number of halogens is 1. The van der Waals surface area contributed by atoms with Gasteiger partial charge in [0.05, 0.1) is 11.5 Å². The predicted molar refractivity (Wildman–Crippen MR) is 105 cm³/mol. The van der Waals surface area contributed by atoms with E-state index in [-0.39, 0.29) is 43.1 Å². The highest BCUT2D eigenvalue weighted by atomic mass is 32.2. The van der Waals surface area contributed by atoms with E-state index in [9.17, 15) is 17.6 Å². The molecular weight excluding hydrogens is 399 g/mol. The molecule has 2 aromatic carbocycles. The van der Waals surface area contributed by atoms with E-state index in [1.165, 1.54) is 42.5 Å². The van der Waals surface area contributed by atoms with Gasteiger partial charge in [0, 0.05) is 24.2 Å². The summed E-state index contributed by atoms with van der Waals surface area (Å²) in [5, 5.41) is 2.74. The van der Waals surface area contributed by atoms with Crippen molar-refractivity contribution < 1.29 is 27.1 Å². The fourth-order valence-corrected chi connectivity index (χ4v) is 3.89. The maximum Gasteiger partial charge on any atom is 0.251 e. The smallest absolute Gasteiger partial charge is 0.251 e. The van der Waals surface area contributed by atoms with E-state index in [0.29, 0.717) is 28.9 Å². The Morgan fingerprint density at radius 1 is 1.24 bits per heavy atom. The summed E-state index contributed by atoms with van der Waals surface area (Å²) in [7, 11) is -3.64. The Kier molecular flexibility index (Phi) is 6.63. The van der Waals surface area contributed by atoms with E-state index in [4.69, 9.17) is 9.47 Å². The van der Waals surface area contributed by atoms with Gasteiger partial charge in [-0.1, -0.05) is 6.08 Å². The van der Waals surface area contributed by atoms with Crippen molar-refractivity contribution in [2.75, 3.05) is 19.9 Å². The number of ether oxygens (including phenoxy) is 2. The second-order valence-corrected chi connectivity index (χ2v) is 8.10. The number of carbonyl (C=O) groups excluding carboxylic acids is 1. The molecule has 0 aromatic heterocycles. The maximum absolute atomic E-state index is 13.8. The maximum atomic E-state index is 13.8. The molecule has 1 amide bonds. The molecule has 9 heteroatoms. The molecule has 0 spiro atoms. The third kappa shape index (κ3) is 5.20. The SMILES string of the molecule is C=CCNS(=O)(=O)c1ccc(C(=O)NCCc2cc(F)cc3c2OCOC3)cc1. The van der Waals surface area contributed by atoms with Gasteiger partial charge >= 0.3 is 0 Å². The van der Waals surface area contributed by atoms with Crippen LogP contribution in [-0.2, 0) is 27.8 Å². The number of rotatable bonds is 8. The first-order valence-electron chi connectivity index (χ1n) is 8.91. The normalized spacial score (nSPS) is 13.3. The molecule has 0 atom stereocenters. The Balaban J connectivity index is 1.60. The Bertz CT molecular complexity index is 1010. The van der Waals surface area contributed by atoms with Crippen molar-refractivity contribution in [2.24, 2.45) is 0 Å². The van der Waals surface area contributed by atoms with Crippen LogP contribution in [0.25, 0.3) is 0 Å². The number of hydrogen-bond acceptors (Lipinski definition) is 5. The van der Waals surface area contributed by atoms with Gasteiger partial charge in [0.1, 0.15) is 11.6 Å². The van der Waals surface area contributed by atoms with Gasteiger partial charge in [0.25, 0.3) is 5.91 Å². The molecule has 0 saturated carbocycles. The summed E-state index contributed by atoms with van der Waals surface area (Å²) < 4.78 is 50.8. The van der Waals surface area contributed by atoms with Crippen LogP contribution >= 0.6 is 0 Å². The summed E-state index contributed by atoms with van der Waals surface area (Å²) in [5.74, 6) is -0.156. The molecule has 7 nitrogen and oxygen atoms in total. The van der Waals surface area contributed by atoms with Gasteiger partial charge in [-0.15, -0.1) is 6.58 Å². The fourth-order valence-electron chi connectivity index (χ4n) is 2.89. The van der Waals surface area contributed by atoms with Crippen molar-refractivity contribution in [3.63, 3.8) is 0 Å². The summed E-state index contributed by atoms with van der Waals surface area (Å²) in [4.78, 5) is 12.4. The Hall–Kier alpha value is -2.75. The van der Waals surface area contributed by atoms with Crippen LogP contribution in [0.4, 0.5) is 4.39 Å². The second kappa shape index (κ2) is 9.17. The topological polar surface area (TPSA) is 93.7 Å². The summed E-state index contributed by atoms with van der Waals surface area (Å²) in [6.07, 6.45) is 1.82. The number of nitrogens with one attached hydrogen (secondary N) is 2. The number of fused-ring (bicyclic) bond motifs is 1. The van der Waals surface area contributed by atoms with E-state index in [1.54, 1.807) is 0 Å². The van der Waals surface area contributed by atoms with Crippen molar-refractivity contribution in [1.82, 2.24) is 10.0 Å². The standard InChI is InChI=1S/C20H21FN2O5S/c1-2-8-23-29(25,26)18-5-3-14(4-6-18)20(24)22-9-7-15-10-17(21)11-16-12-27-13-28-19(15)16/h2-6,10-11,23H,1,7-9,12-13H2,(H,22,24). The molecule has 154 valence electrons. The van der Waals surface area contributed by atoms with Gasteiger partial charge in [-0.05, 0) is 48.4 Å². The van der Waals surface area contributed by atoms with E-state index in [2.05, 4.69) is 16.6 Å². The molecule has 0 saturated heterocycles. The number of sulfonamides is 1. The lowest BCUT2D eigenvalue weighted by Crippen LogP contribution is -2.26. The fraction of sp³-hybridized carbons (Fsp3) is 0.250. The van der Waals surface area contributed by atoms with Crippen LogP contribution in [-0.4, -0.2) is 34.2 Å². The zero-order chi connectivity index (χ0) is 20.9. The molecule has 1 aliphatic rings. The van der Waals surface area contributed by atoms with Crippen molar-refractivity contribution in [3.8, 4) is 5.75 Å². The minimum Gasteiger partial charge on any atom is -0.467 e. The molecule has 3 rings (SSSR count). The molecule has 1 aliphatic heterocycles. The average Bonchev–Trinajstić information content (AvgIpc) is 2.72. The minimum absolute atomic E-state index is 0.0571. The Morgan fingerprint density at radius 2 is 2.00 bits per heavy atom. The van der Waals surface area contributed by atoms with Crippen molar-refractivity contribution in [3.05, 3.63) is 71.6 Å². The van der Waals surface area contributed by atoms with Gasteiger partial charge < -0.3 is 14.8 Å². The highest BCUT2D eigenvalue weighted by Crippen LogP contribution is 2.29. The Morgan fingerprint density at radius 3 is 2.72 bits per heavy atom. The summed E-state index contributed by atoms with van der Waals surface area (Å²) >= 11 is 0. The lowest BCUT2D eigenvalue weighted by Gasteiger charge is -2.21. The first-order valence-corrected chi connectivity index (χ1v) is 10.4. The van der Waals surface area contributed by atoms with Gasteiger partial charge in [0.2, 0.25) is 10.0 Å². The lowest BCUT2D eigenvalue weighted by molar-refractivity contribution is -0.0172. The zero-order valence-corrected chi connectivity index (χ0v) is 16.4. The summed E-state index contributed by atoms with van der Waals surface area (Å²) in [5.41, 5.74) is 1.61. The van der Waals surface area contributed by atoms with Crippen molar-refractivity contribution in [2.45, 2.75) is 17.9 Å². The lowest BCUT2D eigenvalue weighted by atomic mass is 10.1. The monoisotopic (exact) mass is 420 g/mol. The highest BCUT2D eigenvalue weighted by molar-refractivity contribution is 7.89. The number of benzene rings is 2. The van der Waals surface area contributed by atoms with Gasteiger partial charge in [-0.2, -0.15) is 0 Å². The van der Waals surface area contributed by atoms with E-state index in [1.807, 2.05) is 0 Å². The van der Waals surface area contributed by atoms with Crippen LogP contribution in [0.2, 0.25) is 0 Å². The average molecular weight is 420 g/mol. The number of amides is 1.